The van der Waals surface area contributed by atoms with Crippen LogP contribution in [0, 0.1) is 12.7 Å². The summed E-state index contributed by atoms with van der Waals surface area (Å²) < 4.78 is 41.9. The predicted molar refractivity (Wildman–Crippen MR) is 69.2 cm³/mol. The molecule has 8 heteroatoms. The van der Waals surface area contributed by atoms with E-state index in [1.165, 1.54) is 11.8 Å². The zero-order valence-electron chi connectivity index (χ0n) is 10.9. The van der Waals surface area contributed by atoms with E-state index in [9.17, 15) is 17.6 Å². The van der Waals surface area contributed by atoms with Crippen LogP contribution in [0.3, 0.4) is 0 Å². The number of amides is 1. The molecule has 0 radical (unpaired) electrons. The van der Waals surface area contributed by atoms with E-state index in [2.05, 4.69) is 0 Å². The van der Waals surface area contributed by atoms with Gasteiger partial charge in [0, 0.05) is 13.1 Å². The lowest BCUT2D eigenvalue weighted by Gasteiger charge is -2.27. The quantitative estimate of drug-likeness (QED) is 0.848. The number of carbonyl (C=O) groups is 1. The van der Waals surface area contributed by atoms with Crippen molar-refractivity contribution >= 4 is 15.9 Å². The van der Waals surface area contributed by atoms with Gasteiger partial charge >= 0.3 is 0 Å². The van der Waals surface area contributed by atoms with Crippen molar-refractivity contribution in [3.8, 4) is 0 Å². The topological polar surface area (TPSA) is 89.7 Å². The van der Waals surface area contributed by atoms with Crippen molar-refractivity contribution in [1.29, 1.82) is 0 Å². The number of hydrogen-bond donors (Lipinski definition) is 1. The molecular weight excluding hydrogens is 287 g/mol. The van der Waals surface area contributed by atoms with E-state index in [-0.39, 0.29) is 16.0 Å². The number of primary sulfonamides is 1. The average molecular weight is 302 g/mol. The van der Waals surface area contributed by atoms with Crippen LogP contribution in [-0.4, -0.2) is 45.5 Å². The number of carbonyl (C=O) groups excluding carboxylic acids is 1. The molecule has 20 heavy (non-hydrogen) atoms. The number of morpholine rings is 1. The number of halogens is 1. The summed E-state index contributed by atoms with van der Waals surface area (Å²) in [6.45, 7) is 2.83. The van der Waals surface area contributed by atoms with E-state index in [1.54, 1.807) is 0 Å². The molecule has 0 unspecified atom stereocenters. The van der Waals surface area contributed by atoms with Crippen LogP contribution in [0.5, 0.6) is 0 Å². The summed E-state index contributed by atoms with van der Waals surface area (Å²) in [5.74, 6) is -1.28. The number of aryl methyl sites for hydroxylation is 1. The molecule has 1 fully saturated rings. The van der Waals surface area contributed by atoms with Gasteiger partial charge in [0.1, 0.15) is 5.82 Å². The summed E-state index contributed by atoms with van der Waals surface area (Å²) in [5, 5.41) is 5.03. The Balaban J connectivity index is 2.44. The van der Waals surface area contributed by atoms with Gasteiger partial charge in [-0.25, -0.2) is 17.9 Å². The largest absolute Gasteiger partial charge is 0.378 e. The van der Waals surface area contributed by atoms with Gasteiger partial charge in [-0.3, -0.25) is 4.79 Å². The van der Waals surface area contributed by atoms with Crippen molar-refractivity contribution in [2.45, 2.75) is 11.8 Å². The van der Waals surface area contributed by atoms with Crippen LogP contribution in [0.1, 0.15) is 15.9 Å². The summed E-state index contributed by atoms with van der Waals surface area (Å²) in [5.41, 5.74) is -0.218. The van der Waals surface area contributed by atoms with Gasteiger partial charge in [0.2, 0.25) is 10.0 Å². The maximum absolute atomic E-state index is 14.1. The molecule has 110 valence electrons. The molecule has 0 aromatic heterocycles. The SMILES string of the molecule is Cc1cc(S(N)(=O)=O)cc(C(=O)N2CCOCC2)c1F. The van der Waals surface area contributed by atoms with E-state index in [4.69, 9.17) is 9.88 Å². The van der Waals surface area contributed by atoms with Crippen molar-refractivity contribution in [2.24, 2.45) is 5.14 Å². The lowest BCUT2D eigenvalue weighted by atomic mass is 10.1. The minimum Gasteiger partial charge on any atom is -0.378 e. The molecule has 0 spiro atoms. The number of sulfonamides is 1. The van der Waals surface area contributed by atoms with Crippen molar-refractivity contribution < 1.29 is 22.3 Å². The van der Waals surface area contributed by atoms with Gasteiger partial charge in [-0.05, 0) is 24.6 Å². The Morgan fingerprint density at radius 3 is 2.50 bits per heavy atom. The first kappa shape index (κ1) is 14.9. The molecule has 1 aromatic carbocycles. The molecular formula is C12H15FN2O4S. The minimum absolute atomic E-state index is 0.0631. The maximum atomic E-state index is 14.1. The first-order valence-corrected chi connectivity index (χ1v) is 7.55. The summed E-state index contributed by atoms with van der Waals surface area (Å²) in [6.07, 6.45) is 0. The third-order valence-electron chi connectivity index (χ3n) is 3.09. The van der Waals surface area contributed by atoms with E-state index < -0.39 is 21.7 Å². The second kappa shape index (κ2) is 5.47. The predicted octanol–water partition coefficient (Wildman–Crippen LogP) is 0.254. The van der Waals surface area contributed by atoms with Gasteiger partial charge < -0.3 is 9.64 Å². The molecule has 1 heterocycles. The smallest absolute Gasteiger partial charge is 0.257 e. The van der Waals surface area contributed by atoms with E-state index >= 15 is 0 Å². The Morgan fingerprint density at radius 2 is 1.95 bits per heavy atom. The molecule has 0 aliphatic carbocycles. The summed E-state index contributed by atoms with van der Waals surface area (Å²) in [4.78, 5) is 13.4. The summed E-state index contributed by atoms with van der Waals surface area (Å²) in [7, 11) is -3.99. The van der Waals surface area contributed by atoms with Crippen LogP contribution < -0.4 is 5.14 Å². The lowest BCUT2D eigenvalue weighted by molar-refractivity contribution is 0.0299. The second-order valence-electron chi connectivity index (χ2n) is 4.55. The summed E-state index contributed by atoms with van der Waals surface area (Å²) >= 11 is 0. The molecule has 2 rings (SSSR count). The normalized spacial score (nSPS) is 16.2. The number of rotatable bonds is 2. The Bertz CT molecular complexity index is 639. The van der Waals surface area contributed by atoms with Crippen molar-refractivity contribution in [1.82, 2.24) is 4.90 Å². The molecule has 0 saturated carbocycles. The highest BCUT2D eigenvalue weighted by Gasteiger charge is 2.24. The van der Waals surface area contributed by atoms with Gasteiger partial charge in [-0.1, -0.05) is 0 Å². The molecule has 1 saturated heterocycles. The number of ether oxygens (including phenoxy) is 1. The first-order valence-electron chi connectivity index (χ1n) is 6.00. The van der Waals surface area contributed by atoms with Gasteiger partial charge in [0.05, 0.1) is 23.7 Å². The van der Waals surface area contributed by atoms with Crippen LogP contribution in [0.25, 0.3) is 0 Å². The van der Waals surface area contributed by atoms with Gasteiger partial charge in [-0.2, -0.15) is 0 Å². The molecule has 1 aliphatic heterocycles. The maximum Gasteiger partial charge on any atom is 0.257 e. The van der Waals surface area contributed by atoms with Crippen molar-refractivity contribution in [3.05, 3.63) is 29.1 Å². The Labute approximate surface area is 116 Å². The third-order valence-corrected chi connectivity index (χ3v) is 3.98. The lowest BCUT2D eigenvalue weighted by Crippen LogP contribution is -2.41. The Kier molecular flexibility index (Phi) is 4.07. The fourth-order valence-corrected chi connectivity index (χ4v) is 2.62. The van der Waals surface area contributed by atoms with Crippen LogP contribution >= 0.6 is 0 Å². The second-order valence-corrected chi connectivity index (χ2v) is 6.11. The molecule has 2 N–H and O–H groups in total. The highest BCUT2D eigenvalue weighted by molar-refractivity contribution is 7.89. The molecule has 6 nitrogen and oxygen atoms in total. The average Bonchev–Trinajstić information content (AvgIpc) is 2.40. The molecule has 0 atom stereocenters. The molecule has 0 bridgehead atoms. The number of nitrogens with two attached hydrogens (primary N) is 1. The minimum atomic E-state index is -3.99. The van der Waals surface area contributed by atoms with Gasteiger partial charge in [-0.15, -0.1) is 0 Å². The van der Waals surface area contributed by atoms with Gasteiger partial charge in [0.25, 0.3) is 5.91 Å². The third kappa shape index (κ3) is 2.97. The monoisotopic (exact) mass is 302 g/mol. The van der Waals surface area contributed by atoms with E-state index in [1.807, 2.05) is 0 Å². The van der Waals surface area contributed by atoms with Crippen LogP contribution in [0.4, 0.5) is 4.39 Å². The first-order chi connectivity index (χ1) is 9.30. The number of nitrogens with zero attached hydrogens (tertiary/aromatic N) is 1. The zero-order valence-corrected chi connectivity index (χ0v) is 11.7. The highest BCUT2D eigenvalue weighted by Crippen LogP contribution is 2.20. The Hall–Kier alpha value is -1.51. The Morgan fingerprint density at radius 1 is 1.35 bits per heavy atom. The van der Waals surface area contributed by atoms with Crippen LogP contribution in [0.2, 0.25) is 0 Å². The fourth-order valence-electron chi connectivity index (χ4n) is 1.99. The van der Waals surface area contributed by atoms with Crippen molar-refractivity contribution in [3.63, 3.8) is 0 Å². The van der Waals surface area contributed by atoms with Crippen LogP contribution in [0.15, 0.2) is 17.0 Å². The molecule has 1 aromatic rings. The van der Waals surface area contributed by atoms with Crippen LogP contribution in [-0.2, 0) is 14.8 Å². The van der Waals surface area contributed by atoms with E-state index in [0.717, 1.165) is 12.1 Å². The number of hydrogen-bond acceptors (Lipinski definition) is 4. The fraction of sp³-hybridized carbons (Fsp3) is 0.417. The van der Waals surface area contributed by atoms with Crippen molar-refractivity contribution in [2.75, 3.05) is 26.3 Å². The van der Waals surface area contributed by atoms with Gasteiger partial charge in [0.15, 0.2) is 0 Å². The number of benzene rings is 1. The standard InChI is InChI=1S/C12H15FN2O4S/c1-8-6-9(20(14,17)18)7-10(11(8)13)12(16)15-2-4-19-5-3-15/h6-7H,2-5H2,1H3,(H2,14,17,18). The van der Waals surface area contributed by atoms with E-state index in [0.29, 0.717) is 26.3 Å². The highest BCUT2D eigenvalue weighted by atomic mass is 32.2. The molecule has 1 amide bonds. The summed E-state index contributed by atoms with van der Waals surface area (Å²) in [6, 6.07) is 2.09. The molecule has 1 aliphatic rings. The zero-order chi connectivity index (χ0) is 14.9.